The Morgan fingerprint density at radius 3 is 2.20 bits per heavy atom. The van der Waals surface area contributed by atoms with Crippen molar-refractivity contribution in [1.29, 1.82) is 0 Å². The number of nitrogens with two attached hydrogens (primary N) is 1. The molecule has 2 rings (SSSR count). The van der Waals surface area contributed by atoms with E-state index in [1.54, 1.807) is 12.4 Å². The van der Waals surface area contributed by atoms with Crippen molar-refractivity contribution in [3.05, 3.63) is 29.3 Å². The lowest BCUT2D eigenvalue weighted by atomic mass is 9.95. The number of aryl methyl sites for hydroxylation is 1. The third-order valence-electron chi connectivity index (χ3n) is 2.75. The number of nitrogens with zero attached hydrogens (tertiary/aromatic N) is 4. The van der Waals surface area contributed by atoms with Crippen LogP contribution in [0.2, 0.25) is 0 Å². The van der Waals surface area contributed by atoms with E-state index in [4.69, 9.17) is 5.73 Å². The summed E-state index contributed by atoms with van der Waals surface area (Å²) in [5.74, 6) is 1.25. The summed E-state index contributed by atoms with van der Waals surface area (Å²) in [6.45, 7) is 10.1. The van der Waals surface area contributed by atoms with Crippen LogP contribution < -0.4 is 5.73 Å². The van der Waals surface area contributed by atoms with Crippen LogP contribution in [-0.4, -0.2) is 19.9 Å². The zero-order chi connectivity index (χ0) is 14.9. The van der Waals surface area contributed by atoms with Crippen molar-refractivity contribution in [2.75, 3.05) is 5.73 Å². The summed E-state index contributed by atoms with van der Waals surface area (Å²) < 4.78 is 0. The molecule has 0 spiro atoms. The Bertz CT molecular complexity index is 617. The van der Waals surface area contributed by atoms with E-state index in [9.17, 15) is 0 Å². The highest BCUT2D eigenvalue weighted by molar-refractivity contribution is 7.99. The first-order valence-electron chi connectivity index (χ1n) is 6.38. The van der Waals surface area contributed by atoms with Gasteiger partial charge < -0.3 is 5.73 Å². The van der Waals surface area contributed by atoms with Gasteiger partial charge in [0.1, 0.15) is 16.7 Å². The fourth-order valence-corrected chi connectivity index (χ4v) is 2.24. The minimum Gasteiger partial charge on any atom is -0.383 e. The largest absolute Gasteiger partial charge is 0.383 e. The standard InChI is InChI=1S/C14H19N5S/c1-8-6-16-13(17-7-8)20-11-9(2)10(15)18-12(19-11)14(3,4)5/h6-7H,1-5H3,(H2,15,18,19). The number of hydrogen-bond donors (Lipinski definition) is 1. The van der Waals surface area contributed by atoms with Crippen LogP contribution in [0, 0.1) is 13.8 Å². The Labute approximate surface area is 123 Å². The predicted octanol–water partition coefficient (Wildman–Crippen LogP) is 2.91. The number of aromatic nitrogens is 4. The first-order chi connectivity index (χ1) is 9.27. The molecule has 0 aliphatic heterocycles. The van der Waals surface area contributed by atoms with E-state index in [-0.39, 0.29) is 5.41 Å². The molecule has 0 aliphatic carbocycles. The van der Waals surface area contributed by atoms with Crippen molar-refractivity contribution in [3.8, 4) is 0 Å². The molecule has 0 fully saturated rings. The maximum absolute atomic E-state index is 5.99. The maximum Gasteiger partial charge on any atom is 0.193 e. The number of rotatable bonds is 2. The molecule has 20 heavy (non-hydrogen) atoms. The summed E-state index contributed by atoms with van der Waals surface area (Å²) in [6.07, 6.45) is 3.58. The second-order valence-electron chi connectivity index (χ2n) is 5.76. The fraction of sp³-hybridized carbons (Fsp3) is 0.429. The van der Waals surface area contributed by atoms with E-state index < -0.39 is 0 Å². The van der Waals surface area contributed by atoms with Gasteiger partial charge in [-0.3, -0.25) is 0 Å². The molecule has 106 valence electrons. The fourth-order valence-electron chi connectivity index (χ4n) is 1.47. The van der Waals surface area contributed by atoms with E-state index in [1.165, 1.54) is 11.8 Å². The molecule has 2 N–H and O–H groups in total. The van der Waals surface area contributed by atoms with Gasteiger partial charge in [-0.05, 0) is 31.2 Å². The first-order valence-corrected chi connectivity index (χ1v) is 7.20. The Kier molecular flexibility index (Phi) is 3.94. The summed E-state index contributed by atoms with van der Waals surface area (Å²) in [5.41, 5.74) is 7.74. The molecule has 6 heteroatoms. The molecule has 2 aromatic heterocycles. The summed E-state index contributed by atoms with van der Waals surface area (Å²) in [7, 11) is 0. The quantitative estimate of drug-likeness (QED) is 0.676. The lowest BCUT2D eigenvalue weighted by Gasteiger charge is -2.18. The highest BCUT2D eigenvalue weighted by Crippen LogP contribution is 2.30. The summed E-state index contributed by atoms with van der Waals surface area (Å²) in [6, 6.07) is 0. The molecule has 0 amide bonds. The minimum absolute atomic E-state index is 0.148. The number of hydrogen-bond acceptors (Lipinski definition) is 6. The monoisotopic (exact) mass is 289 g/mol. The van der Waals surface area contributed by atoms with Crippen LogP contribution in [0.25, 0.3) is 0 Å². The molecule has 0 unspecified atom stereocenters. The maximum atomic E-state index is 5.99. The van der Waals surface area contributed by atoms with Crippen LogP contribution in [0.15, 0.2) is 22.6 Å². The van der Waals surface area contributed by atoms with Gasteiger partial charge in [-0.15, -0.1) is 0 Å². The molecule has 2 heterocycles. The highest BCUT2D eigenvalue weighted by atomic mass is 32.2. The Hall–Kier alpha value is -1.69. The van der Waals surface area contributed by atoms with Crippen molar-refractivity contribution in [1.82, 2.24) is 19.9 Å². The van der Waals surface area contributed by atoms with Crippen LogP contribution in [-0.2, 0) is 5.41 Å². The van der Waals surface area contributed by atoms with Crippen molar-refractivity contribution in [3.63, 3.8) is 0 Å². The molecule has 0 radical (unpaired) electrons. The Balaban J connectivity index is 2.40. The second-order valence-corrected chi connectivity index (χ2v) is 6.71. The third-order valence-corrected chi connectivity index (χ3v) is 3.74. The zero-order valence-electron chi connectivity index (χ0n) is 12.4. The van der Waals surface area contributed by atoms with Crippen molar-refractivity contribution >= 4 is 17.6 Å². The Morgan fingerprint density at radius 2 is 1.65 bits per heavy atom. The molecule has 5 nitrogen and oxygen atoms in total. The van der Waals surface area contributed by atoms with E-state index in [0.717, 1.165) is 22.0 Å². The molecule has 2 aromatic rings. The van der Waals surface area contributed by atoms with Gasteiger partial charge in [-0.2, -0.15) is 0 Å². The van der Waals surface area contributed by atoms with Gasteiger partial charge in [-0.1, -0.05) is 20.8 Å². The lowest BCUT2D eigenvalue weighted by molar-refractivity contribution is 0.538. The molecular formula is C14H19N5S. The molecule has 0 bridgehead atoms. The third kappa shape index (κ3) is 3.25. The molecule has 0 aromatic carbocycles. The van der Waals surface area contributed by atoms with Crippen LogP contribution >= 0.6 is 11.8 Å². The van der Waals surface area contributed by atoms with Gasteiger partial charge in [0, 0.05) is 23.4 Å². The smallest absolute Gasteiger partial charge is 0.193 e. The van der Waals surface area contributed by atoms with Gasteiger partial charge in [0.05, 0.1) is 0 Å². The molecule has 0 saturated carbocycles. The molecule has 0 atom stereocenters. The normalized spacial score (nSPS) is 11.7. The van der Waals surface area contributed by atoms with Crippen LogP contribution in [0.3, 0.4) is 0 Å². The minimum atomic E-state index is -0.148. The topological polar surface area (TPSA) is 77.6 Å². The van der Waals surface area contributed by atoms with Crippen molar-refractivity contribution in [2.24, 2.45) is 0 Å². The van der Waals surface area contributed by atoms with Crippen LogP contribution in [0.1, 0.15) is 37.7 Å². The average molecular weight is 289 g/mol. The van der Waals surface area contributed by atoms with E-state index in [0.29, 0.717) is 11.0 Å². The van der Waals surface area contributed by atoms with E-state index in [1.807, 2.05) is 13.8 Å². The number of nitrogen functional groups attached to an aromatic ring is 1. The number of anilines is 1. The van der Waals surface area contributed by atoms with Gasteiger partial charge in [-0.25, -0.2) is 19.9 Å². The van der Waals surface area contributed by atoms with E-state index in [2.05, 4.69) is 40.7 Å². The highest BCUT2D eigenvalue weighted by Gasteiger charge is 2.21. The Morgan fingerprint density at radius 1 is 1.05 bits per heavy atom. The molecule has 0 saturated heterocycles. The van der Waals surface area contributed by atoms with Gasteiger partial charge >= 0.3 is 0 Å². The summed E-state index contributed by atoms with van der Waals surface area (Å²) in [5, 5.41) is 1.47. The summed E-state index contributed by atoms with van der Waals surface area (Å²) >= 11 is 1.41. The van der Waals surface area contributed by atoms with Gasteiger partial charge in [0.15, 0.2) is 5.16 Å². The lowest BCUT2D eigenvalue weighted by Crippen LogP contribution is -2.18. The van der Waals surface area contributed by atoms with Crippen LogP contribution in [0.4, 0.5) is 5.82 Å². The summed E-state index contributed by atoms with van der Waals surface area (Å²) in [4.78, 5) is 17.6. The second kappa shape index (κ2) is 5.36. The SMILES string of the molecule is Cc1cnc(Sc2nc(C(C)(C)C)nc(N)c2C)nc1. The van der Waals surface area contributed by atoms with Crippen molar-refractivity contribution < 1.29 is 0 Å². The first kappa shape index (κ1) is 14.7. The molecule has 0 aliphatic rings. The van der Waals surface area contributed by atoms with E-state index >= 15 is 0 Å². The van der Waals surface area contributed by atoms with Crippen molar-refractivity contribution in [2.45, 2.75) is 50.2 Å². The zero-order valence-corrected chi connectivity index (χ0v) is 13.2. The van der Waals surface area contributed by atoms with Gasteiger partial charge in [0.2, 0.25) is 0 Å². The predicted molar refractivity (Wildman–Crippen MR) is 80.8 cm³/mol. The van der Waals surface area contributed by atoms with Crippen LogP contribution in [0.5, 0.6) is 0 Å². The average Bonchev–Trinajstić information content (AvgIpc) is 2.36. The van der Waals surface area contributed by atoms with Gasteiger partial charge in [0.25, 0.3) is 0 Å². The molecular weight excluding hydrogens is 270 g/mol.